The lowest BCUT2D eigenvalue weighted by Gasteiger charge is -2.37. The van der Waals surface area contributed by atoms with Crippen LogP contribution in [0.2, 0.25) is 0 Å². The summed E-state index contributed by atoms with van der Waals surface area (Å²) in [4.78, 5) is 19.4. The van der Waals surface area contributed by atoms with E-state index in [1.165, 1.54) is 0 Å². The first-order valence-corrected chi connectivity index (χ1v) is 9.61. The lowest BCUT2D eigenvalue weighted by Crippen LogP contribution is -2.54. The molecule has 142 valence electrons. The van der Waals surface area contributed by atoms with E-state index < -0.39 is 0 Å². The summed E-state index contributed by atoms with van der Waals surface area (Å²) in [5, 5.41) is 3.37. The van der Waals surface area contributed by atoms with Crippen molar-refractivity contribution < 1.29 is 14.3 Å². The molecule has 3 aliphatic rings. The van der Waals surface area contributed by atoms with Crippen LogP contribution in [-0.2, 0) is 0 Å². The summed E-state index contributed by atoms with van der Waals surface area (Å²) in [6.07, 6.45) is 0.0976. The van der Waals surface area contributed by atoms with Crippen LogP contribution in [0.3, 0.4) is 0 Å². The van der Waals surface area contributed by atoms with Crippen molar-refractivity contribution in [3.05, 3.63) is 23.8 Å². The van der Waals surface area contributed by atoms with E-state index in [-0.39, 0.29) is 18.2 Å². The summed E-state index contributed by atoms with van der Waals surface area (Å²) in [6, 6.07) is 6.09. The minimum absolute atomic E-state index is 0.00508. The zero-order valence-electron chi connectivity index (χ0n) is 15.6. The Labute approximate surface area is 154 Å². The molecule has 0 spiro atoms. The number of urea groups is 1. The van der Waals surface area contributed by atoms with Crippen molar-refractivity contribution in [1.29, 1.82) is 0 Å². The molecular formula is C19H28N4O3. The molecule has 7 heteroatoms. The predicted molar refractivity (Wildman–Crippen MR) is 98.6 cm³/mol. The molecule has 2 atom stereocenters. The fourth-order valence-corrected chi connectivity index (χ4v) is 4.21. The number of ether oxygens (including phenoxy) is 2. The second-order valence-corrected chi connectivity index (χ2v) is 7.03. The van der Waals surface area contributed by atoms with Crippen LogP contribution in [0.4, 0.5) is 4.79 Å². The highest BCUT2D eigenvalue weighted by atomic mass is 16.6. The van der Waals surface area contributed by atoms with E-state index in [2.05, 4.69) is 23.2 Å². The van der Waals surface area contributed by atoms with Crippen molar-refractivity contribution in [2.75, 3.05) is 52.5 Å². The van der Waals surface area contributed by atoms with Gasteiger partial charge in [0.1, 0.15) is 13.2 Å². The molecule has 0 aromatic heterocycles. The fraction of sp³-hybridized carbons (Fsp3) is 0.632. The molecule has 3 heterocycles. The number of carbonyl (C=O) groups excluding carboxylic acids is 1. The van der Waals surface area contributed by atoms with Gasteiger partial charge in [0.05, 0.1) is 12.2 Å². The number of hydrogen-bond acceptors (Lipinski definition) is 5. The van der Waals surface area contributed by atoms with Gasteiger partial charge in [0, 0.05) is 44.8 Å². The van der Waals surface area contributed by atoms with Gasteiger partial charge < -0.3 is 24.6 Å². The highest BCUT2D eigenvalue weighted by Crippen LogP contribution is 2.41. The molecule has 1 N–H and O–H groups in total. The second-order valence-electron chi connectivity index (χ2n) is 7.03. The number of nitrogens with one attached hydrogen (secondary N) is 1. The standard InChI is InChI=1S/C19H28N4O3/c1-3-22-16(15-5-4-6-17-18(15)26-12-11-25-17)13-23(19(22)24)14(2)21-9-7-20-8-10-21/h4-6,14,16,20H,3,7-13H2,1-2H3. The van der Waals surface area contributed by atoms with E-state index in [0.717, 1.165) is 43.2 Å². The molecule has 1 aromatic carbocycles. The van der Waals surface area contributed by atoms with E-state index in [0.29, 0.717) is 26.3 Å². The summed E-state index contributed by atoms with van der Waals surface area (Å²) in [7, 11) is 0. The third kappa shape index (κ3) is 2.99. The molecule has 1 aromatic rings. The molecule has 2 fully saturated rings. The van der Waals surface area contributed by atoms with E-state index in [1.807, 2.05) is 28.9 Å². The molecule has 2 unspecified atom stereocenters. The lowest BCUT2D eigenvalue weighted by molar-refractivity contribution is 0.0773. The number of hydrogen-bond donors (Lipinski definition) is 1. The quantitative estimate of drug-likeness (QED) is 0.882. The Morgan fingerprint density at radius 3 is 2.77 bits per heavy atom. The molecule has 0 bridgehead atoms. The number of benzene rings is 1. The Bertz CT molecular complexity index is 662. The van der Waals surface area contributed by atoms with Gasteiger partial charge in [-0.25, -0.2) is 4.79 Å². The normalized spacial score (nSPS) is 24.8. The SMILES string of the molecule is CCN1C(=O)N(C(C)N2CCNCC2)CC1c1cccc2c1OCCO2. The van der Waals surface area contributed by atoms with Crippen molar-refractivity contribution >= 4 is 6.03 Å². The number of carbonyl (C=O) groups is 1. The predicted octanol–water partition coefficient (Wildman–Crippen LogP) is 1.51. The Balaban J connectivity index is 1.60. The van der Waals surface area contributed by atoms with Crippen LogP contribution < -0.4 is 14.8 Å². The Kier molecular flexibility index (Phi) is 4.91. The van der Waals surface area contributed by atoms with E-state index in [1.54, 1.807) is 0 Å². The third-order valence-electron chi connectivity index (χ3n) is 5.66. The van der Waals surface area contributed by atoms with Crippen LogP contribution in [-0.4, -0.2) is 79.4 Å². The first-order valence-electron chi connectivity index (χ1n) is 9.61. The summed E-state index contributed by atoms with van der Waals surface area (Å²) < 4.78 is 11.6. The maximum atomic E-state index is 13.1. The largest absolute Gasteiger partial charge is 0.486 e. The molecule has 3 aliphatic heterocycles. The average Bonchev–Trinajstić information content (AvgIpc) is 3.03. The highest BCUT2D eigenvalue weighted by Gasteiger charge is 2.42. The second kappa shape index (κ2) is 7.32. The molecule has 7 nitrogen and oxygen atoms in total. The summed E-state index contributed by atoms with van der Waals surface area (Å²) >= 11 is 0. The van der Waals surface area contributed by atoms with Crippen molar-refractivity contribution in [3.8, 4) is 11.5 Å². The van der Waals surface area contributed by atoms with Crippen LogP contribution in [0.1, 0.15) is 25.5 Å². The monoisotopic (exact) mass is 360 g/mol. The Hall–Kier alpha value is -1.99. The molecule has 0 aliphatic carbocycles. The van der Waals surface area contributed by atoms with Crippen molar-refractivity contribution in [2.24, 2.45) is 0 Å². The van der Waals surface area contributed by atoms with Gasteiger partial charge >= 0.3 is 6.03 Å². The number of fused-ring (bicyclic) bond motifs is 1. The number of para-hydroxylation sites is 1. The van der Waals surface area contributed by atoms with Crippen molar-refractivity contribution in [2.45, 2.75) is 26.1 Å². The van der Waals surface area contributed by atoms with Gasteiger partial charge in [-0.15, -0.1) is 0 Å². The van der Waals surface area contributed by atoms with Gasteiger partial charge in [-0.1, -0.05) is 12.1 Å². The lowest BCUT2D eigenvalue weighted by atomic mass is 10.0. The van der Waals surface area contributed by atoms with Gasteiger partial charge in [0.25, 0.3) is 0 Å². The maximum absolute atomic E-state index is 13.1. The first-order chi connectivity index (χ1) is 12.7. The number of nitrogens with zero attached hydrogens (tertiary/aromatic N) is 3. The first kappa shape index (κ1) is 17.4. The Morgan fingerprint density at radius 2 is 2.00 bits per heavy atom. The van der Waals surface area contributed by atoms with Gasteiger partial charge in [-0.2, -0.15) is 0 Å². The average molecular weight is 360 g/mol. The summed E-state index contributed by atoms with van der Waals surface area (Å²) in [5.41, 5.74) is 1.05. The molecule has 0 radical (unpaired) electrons. The van der Waals surface area contributed by atoms with Crippen LogP contribution in [0, 0.1) is 0 Å². The van der Waals surface area contributed by atoms with Gasteiger partial charge in [-0.05, 0) is 19.9 Å². The molecule has 26 heavy (non-hydrogen) atoms. The van der Waals surface area contributed by atoms with E-state index >= 15 is 0 Å². The molecular weight excluding hydrogens is 332 g/mol. The van der Waals surface area contributed by atoms with Gasteiger partial charge in [0.15, 0.2) is 11.5 Å². The third-order valence-corrected chi connectivity index (χ3v) is 5.66. The minimum Gasteiger partial charge on any atom is -0.486 e. The highest BCUT2D eigenvalue weighted by molar-refractivity contribution is 5.78. The zero-order valence-corrected chi connectivity index (χ0v) is 15.6. The molecule has 2 saturated heterocycles. The Morgan fingerprint density at radius 1 is 1.23 bits per heavy atom. The molecule has 2 amide bonds. The number of piperazine rings is 1. The zero-order chi connectivity index (χ0) is 18.1. The van der Waals surface area contributed by atoms with Crippen LogP contribution in [0.5, 0.6) is 11.5 Å². The van der Waals surface area contributed by atoms with Gasteiger partial charge in [-0.3, -0.25) is 4.90 Å². The van der Waals surface area contributed by atoms with Crippen molar-refractivity contribution in [3.63, 3.8) is 0 Å². The topological polar surface area (TPSA) is 57.3 Å². The number of likely N-dealkylation sites (N-methyl/N-ethyl adjacent to an activating group) is 1. The summed E-state index contributed by atoms with van der Waals surface area (Å²) in [5.74, 6) is 1.58. The summed E-state index contributed by atoms with van der Waals surface area (Å²) in [6.45, 7) is 10.6. The van der Waals surface area contributed by atoms with E-state index in [9.17, 15) is 4.79 Å². The smallest absolute Gasteiger partial charge is 0.321 e. The molecule has 0 saturated carbocycles. The minimum atomic E-state index is -0.00508. The maximum Gasteiger partial charge on any atom is 0.321 e. The number of amides is 2. The van der Waals surface area contributed by atoms with E-state index in [4.69, 9.17) is 9.47 Å². The van der Waals surface area contributed by atoms with Gasteiger partial charge in [0.2, 0.25) is 0 Å². The fourth-order valence-electron chi connectivity index (χ4n) is 4.21. The molecule has 4 rings (SSSR count). The van der Waals surface area contributed by atoms with Crippen molar-refractivity contribution in [1.82, 2.24) is 20.0 Å². The van der Waals surface area contributed by atoms with Crippen LogP contribution in [0.25, 0.3) is 0 Å². The number of rotatable bonds is 4. The van der Waals surface area contributed by atoms with Crippen LogP contribution >= 0.6 is 0 Å². The van der Waals surface area contributed by atoms with Crippen LogP contribution in [0.15, 0.2) is 18.2 Å².